The van der Waals surface area contributed by atoms with Crippen LogP contribution in [0.4, 0.5) is 0 Å². The topological polar surface area (TPSA) is 148 Å². The summed E-state index contributed by atoms with van der Waals surface area (Å²) >= 11 is 0. The normalized spacial score (nSPS) is 52.5. The van der Waals surface area contributed by atoms with Crippen LogP contribution in [0.15, 0.2) is 12.2 Å². The Morgan fingerprint density at radius 2 is 1.73 bits per heavy atom. The Morgan fingerprint density at radius 3 is 2.30 bits per heavy atom. The smallest absolute Gasteiger partial charge is 0.311 e. The molecule has 188 valence electrons. The summed E-state index contributed by atoms with van der Waals surface area (Å²) in [7, 11) is 0. The zero-order chi connectivity index (χ0) is 24.9. The van der Waals surface area contributed by atoms with Crippen LogP contribution in [0, 0.1) is 34.5 Å². The number of esters is 1. The van der Waals surface area contributed by atoms with E-state index in [0.29, 0.717) is 18.4 Å². The molecule has 4 aliphatic carbocycles. The van der Waals surface area contributed by atoms with Gasteiger partial charge in [-0.05, 0) is 52.4 Å². The van der Waals surface area contributed by atoms with E-state index in [1.54, 1.807) is 27.7 Å². The maximum Gasteiger partial charge on any atom is 0.311 e. The third-order valence-electron chi connectivity index (χ3n) is 10.1. The molecule has 6 N–H and O–H groups in total. The molecule has 4 rings (SSSR count). The van der Waals surface area contributed by atoms with Crippen LogP contribution in [0.1, 0.15) is 60.3 Å². The maximum absolute atomic E-state index is 12.9. The highest BCUT2D eigenvalue weighted by Crippen LogP contribution is 2.69. The molecule has 0 radical (unpaired) electrons. The number of fused-ring (bicyclic) bond motifs is 2. The number of aliphatic hydroxyl groups excluding tert-OH is 4. The van der Waals surface area contributed by atoms with Crippen molar-refractivity contribution in [2.75, 3.05) is 0 Å². The number of carbonyl (C=O) groups is 1. The minimum atomic E-state index is -1.85. The van der Waals surface area contributed by atoms with E-state index in [-0.39, 0.29) is 24.7 Å². The molecule has 0 aromatic carbocycles. The Bertz CT molecular complexity index is 836. The van der Waals surface area contributed by atoms with Gasteiger partial charge in [0, 0.05) is 22.7 Å². The van der Waals surface area contributed by atoms with Crippen LogP contribution in [0.5, 0.6) is 0 Å². The van der Waals surface area contributed by atoms with Gasteiger partial charge in [0.2, 0.25) is 0 Å². The fourth-order valence-electron chi connectivity index (χ4n) is 7.93. The molecule has 4 saturated carbocycles. The minimum absolute atomic E-state index is 0.0280. The van der Waals surface area contributed by atoms with Gasteiger partial charge < -0.3 is 35.4 Å². The summed E-state index contributed by atoms with van der Waals surface area (Å²) in [6.07, 6.45) is -4.14. The van der Waals surface area contributed by atoms with Crippen molar-refractivity contribution in [2.24, 2.45) is 34.5 Å². The van der Waals surface area contributed by atoms with Crippen LogP contribution in [0.2, 0.25) is 0 Å². The lowest BCUT2D eigenvalue weighted by Gasteiger charge is -2.47. The lowest BCUT2D eigenvalue weighted by molar-refractivity contribution is -0.185. The molecule has 0 aliphatic heterocycles. The van der Waals surface area contributed by atoms with Gasteiger partial charge in [-0.25, -0.2) is 0 Å². The van der Waals surface area contributed by atoms with Crippen molar-refractivity contribution in [3.63, 3.8) is 0 Å². The van der Waals surface area contributed by atoms with Gasteiger partial charge in [0.05, 0.1) is 35.9 Å². The SMILES string of the molecule is C=C1[C@H]2CC[C@H]3[C@H](OC(=O)[C@H](C)[C@H](C)O)[C@]2(C[C@H](O)[C@@]2(O)[C@@H]1[C@H](O)[C@@H](O)C2(C)C)C[C@]3(C)O. The second kappa shape index (κ2) is 7.48. The molecule has 4 aliphatic rings. The summed E-state index contributed by atoms with van der Waals surface area (Å²) in [4.78, 5) is 12.9. The molecule has 0 amide bonds. The summed E-state index contributed by atoms with van der Waals surface area (Å²) in [5.74, 6) is -3.00. The fraction of sp³-hybridized carbons (Fsp3) is 0.880. The lowest BCUT2D eigenvalue weighted by atomic mass is 9.61. The molecule has 8 heteroatoms. The van der Waals surface area contributed by atoms with Crippen molar-refractivity contribution in [1.82, 2.24) is 0 Å². The van der Waals surface area contributed by atoms with E-state index < -0.39 is 70.4 Å². The summed E-state index contributed by atoms with van der Waals surface area (Å²) in [5, 5.41) is 66.4. The molecular weight excluding hydrogens is 428 g/mol. The van der Waals surface area contributed by atoms with Crippen LogP contribution >= 0.6 is 0 Å². The number of rotatable bonds is 3. The third-order valence-corrected chi connectivity index (χ3v) is 10.1. The summed E-state index contributed by atoms with van der Waals surface area (Å²) in [5.41, 5.74) is -4.61. The first-order valence-corrected chi connectivity index (χ1v) is 12.1. The molecule has 0 unspecified atom stereocenters. The van der Waals surface area contributed by atoms with Crippen LogP contribution in [0.3, 0.4) is 0 Å². The van der Waals surface area contributed by atoms with Gasteiger partial charge in [0.25, 0.3) is 0 Å². The molecule has 0 aromatic rings. The number of aliphatic hydroxyl groups is 6. The molecule has 8 nitrogen and oxygen atoms in total. The first-order chi connectivity index (χ1) is 15.0. The maximum atomic E-state index is 12.9. The van der Waals surface area contributed by atoms with Gasteiger partial charge >= 0.3 is 5.97 Å². The summed E-state index contributed by atoms with van der Waals surface area (Å²) < 4.78 is 6.00. The molecule has 2 bridgehead atoms. The predicted octanol–water partition coefficient (Wildman–Crippen LogP) is 0.512. The molecule has 0 saturated heterocycles. The van der Waals surface area contributed by atoms with Gasteiger partial charge in [0.15, 0.2) is 0 Å². The van der Waals surface area contributed by atoms with Gasteiger partial charge in [-0.1, -0.05) is 26.0 Å². The largest absolute Gasteiger partial charge is 0.461 e. The molecule has 1 spiro atoms. The zero-order valence-electron chi connectivity index (χ0n) is 20.2. The molecule has 33 heavy (non-hydrogen) atoms. The number of hydrogen-bond acceptors (Lipinski definition) is 8. The first-order valence-electron chi connectivity index (χ1n) is 12.1. The van der Waals surface area contributed by atoms with Crippen molar-refractivity contribution in [2.45, 2.75) is 102 Å². The van der Waals surface area contributed by atoms with Gasteiger partial charge in [-0.2, -0.15) is 0 Å². The third kappa shape index (κ3) is 3.07. The second-order valence-corrected chi connectivity index (χ2v) is 12.1. The van der Waals surface area contributed by atoms with Gasteiger partial charge in [-0.3, -0.25) is 4.79 Å². The van der Waals surface area contributed by atoms with Crippen LogP contribution < -0.4 is 0 Å². The van der Waals surface area contributed by atoms with E-state index in [1.807, 2.05) is 0 Å². The van der Waals surface area contributed by atoms with Crippen molar-refractivity contribution in [3.8, 4) is 0 Å². The van der Waals surface area contributed by atoms with Crippen LogP contribution in [-0.2, 0) is 9.53 Å². The quantitative estimate of drug-likeness (QED) is 0.259. The Labute approximate surface area is 195 Å². The Kier molecular flexibility index (Phi) is 5.69. The highest BCUT2D eigenvalue weighted by molar-refractivity contribution is 5.73. The minimum Gasteiger partial charge on any atom is -0.461 e. The average Bonchev–Trinajstić information content (AvgIpc) is 2.89. The van der Waals surface area contributed by atoms with Gasteiger partial charge in [0.1, 0.15) is 11.7 Å². The van der Waals surface area contributed by atoms with E-state index in [2.05, 4.69) is 6.58 Å². The molecule has 4 fully saturated rings. The standard InChI is InChI=1S/C25H40O8/c1-11(13(3)26)21(30)33-20-15-8-7-14-12(2)17-18(28)19(29)22(4,5)25(17,32)16(27)9-24(14,20)10-23(15,6)31/h11,13-20,26-29,31-32H,2,7-10H2,1,3-6H3/t11-,13+,14-,15+,16+,17+,18+,19-,20+,23+,24-,25-/m1/s1. The highest BCUT2D eigenvalue weighted by atomic mass is 16.5. The zero-order valence-corrected chi connectivity index (χ0v) is 20.2. The lowest BCUT2D eigenvalue weighted by Crippen LogP contribution is -2.57. The van der Waals surface area contributed by atoms with Crippen molar-refractivity contribution in [1.29, 1.82) is 0 Å². The number of hydrogen-bond donors (Lipinski definition) is 6. The molecule has 0 aromatic heterocycles. The van der Waals surface area contributed by atoms with Crippen molar-refractivity contribution < 1.29 is 40.2 Å². The fourth-order valence-corrected chi connectivity index (χ4v) is 7.93. The monoisotopic (exact) mass is 468 g/mol. The first kappa shape index (κ1) is 25.1. The van der Waals surface area contributed by atoms with E-state index in [1.165, 1.54) is 6.92 Å². The van der Waals surface area contributed by atoms with Crippen molar-refractivity contribution in [3.05, 3.63) is 12.2 Å². The van der Waals surface area contributed by atoms with E-state index in [9.17, 15) is 35.4 Å². The van der Waals surface area contributed by atoms with Crippen molar-refractivity contribution >= 4 is 5.97 Å². The molecular formula is C25H40O8. The Morgan fingerprint density at radius 1 is 1.12 bits per heavy atom. The van der Waals surface area contributed by atoms with E-state index in [0.717, 1.165) is 0 Å². The van der Waals surface area contributed by atoms with Crippen LogP contribution in [0.25, 0.3) is 0 Å². The summed E-state index contributed by atoms with van der Waals surface area (Å²) in [6.45, 7) is 12.3. The summed E-state index contributed by atoms with van der Waals surface area (Å²) in [6, 6.07) is 0. The highest BCUT2D eigenvalue weighted by Gasteiger charge is 2.75. The van der Waals surface area contributed by atoms with E-state index in [4.69, 9.17) is 4.74 Å². The Balaban J connectivity index is 1.82. The average molecular weight is 469 g/mol. The predicted molar refractivity (Wildman–Crippen MR) is 119 cm³/mol. The molecule has 12 atom stereocenters. The molecule has 0 heterocycles. The number of ether oxygens (including phenoxy) is 1. The number of carbonyl (C=O) groups excluding carboxylic acids is 1. The van der Waals surface area contributed by atoms with E-state index >= 15 is 0 Å². The van der Waals surface area contributed by atoms with Crippen LogP contribution in [-0.4, -0.2) is 78.3 Å². The Hall–Kier alpha value is -1.03. The van der Waals surface area contributed by atoms with Gasteiger partial charge in [-0.15, -0.1) is 0 Å². The second-order valence-electron chi connectivity index (χ2n) is 12.1.